The molecule has 0 bridgehead atoms. The molecule has 0 aliphatic carbocycles. The van der Waals surface area contributed by atoms with Crippen LogP contribution in [0.1, 0.15) is 24.0 Å². The van der Waals surface area contributed by atoms with E-state index in [4.69, 9.17) is 0 Å². The topological polar surface area (TPSA) is 93.1 Å². The van der Waals surface area contributed by atoms with Crippen molar-refractivity contribution in [3.63, 3.8) is 0 Å². The van der Waals surface area contributed by atoms with Crippen LogP contribution in [-0.4, -0.2) is 72.2 Å². The van der Waals surface area contributed by atoms with Gasteiger partial charge in [-0.05, 0) is 100 Å². The lowest BCUT2D eigenvalue weighted by molar-refractivity contribution is -0.144. The van der Waals surface area contributed by atoms with Gasteiger partial charge in [0, 0.05) is 24.5 Å². The van der Waals surface area contributed by atoms with E-state index in [2.05, 4.69) is 15.1 Å². The zero-order chi connectivity index (χ0) is 24.9. The fourth-order valence-electron chi connectivity index (χ4n) is 5.73. The first kappa shape index (κ1) is 25.2. The highest BCUT2D eigenvalue weighted by Gasteiger charge is 2.33. The molecule has 0 radical (unpaired) electrons. The molecule has 188 valence electrons. The van der Waals surface area contributed by atoms with Crippen LogP contribution in [0.5, 0.6) is 0 Å². The van der Waals surface area contributed by atoms with Crippen LogP contribution in [-0.2, 0) is 22.4 Å². The van der Waals surface area contributed by atoms with E-state index in [1.165, 1.54) is 0 Å². The second kappa shape index (κ2) is 11.2. The molecule has 4 atom stereocenters. The van der Waals surface area contributed by atoms with Gasteiger partial charge in [0.05, 0.1) is 11.8 Å². The first-order chi connectivity index (χ1) is 16.8. The summed E-state index contributed by atoms with van der Waals surface area (Å²) in [6.07, 6.45) is 2.87. The average Bonchev–Trinajstić information content (AvgIpc) is 3.44. The fourth-order valence-corrected chi connectivity index (χ4v) is 5.73. The number of benzene rings is 2. The molecule has 4 rings (SSSR count). The minimum absolute atomic E-state index is 0.174. The van der Waals surface area contributed by atoms with Crippen LogP contribution in [0.25, 0.3) is 0 Å². The Kier molecular flexibility index (Phi) is 8.08. The molecule has 2 aliphatic rings. The van der Waals surface area contributed by atoms with Crippen molar-refractivity contribution in [1.29, 1.82) is 0 Å². The predicted octanol–water partition coefficient (Wildman–Crippen LogP) is 3.82. The number of rotatable bonds is 10. The number of nitrogens with zero attached hydrogens (tertiary/aromatic N) is 2. The first-order valence-corrected chi connectivity index (χ1v) is 12.6. The Morgan fingerprint density at radius 2 is 1.26 bits per heavy atom. The number of carboxylic acid groups (broad SMARTS) is 2. The standard InChI is InChI=1S/C28H37N3O4/c1-30-11-9-21(17-30)25(27(32)33)15-19-5-3-7-23(13-19)29-24-8-4-6-20(14-24)16-26(28(34)35)22-10-12-31(2)18-22/h3-8,13-14,21-22,25-26,29H,9-12,15-18H2,1-2H3,(H,32,33)(H,34,35)/t21-,22-,25-,26-/m0/s1. The second-order valence-electron chi connectivity index (χ2n) is 10.4. The van der Waals surface area contributed by atoms with Crippen molar-refractivity contribution in [2.75, 3.05) is 45.6 Å². The summed E-state index contributed by atoms with van der Waals surface area (Å²) in [5.41, 5.74) is 3.81. The average molecular weight is 480 g/mol. The summed E-state index contributed by atoms with van der Waals surface area (Å²) < 4.78 is 0. The summed E-state index contributed by atoms with van der Waals surface area (Å²) in [4.78, 5) is 28.4. The molecule has 3 N–H and O–H groups in total. The molecule has 2 aromatic rings. The molecule has 0 amide bonds. The molecule has 35 heavy (non-hydrogen) atoms. The van der Waals surface area contributed by atoms with E-state index in [1.54, 1.807) is 0 Å². The third kappa shape index (κ3) is 6.61. The zero-order valence-corrected chi connectivity index (χ0v) is 20.7. The van der Waals surface area contributed by atoms with Crippen molar-refractivity contribution in [1.82, 2.24) is 9.80 Å². The summed E-state index contributed by atoms with van der Waals surface area (Å²) >= 11 is 0. The second-order valence-corrected chi connectivity index (χ2v) is 10.4. The van der Waals surface area contributed by atoms with Crippen LogP contribution in [0.2, 0.25) is 0 Å². The molecule has 2 heterocycles. The van der Waals surface area contributed by atoms with E-state index < -0.39 is 11.9 Å². The van der Waals surface area contributed by atoms with Gasteiger partial charge in [-0.3, -0.25) is 9.59 Å². The van der Waals surface area contributed by atoms with Gasteiger partial charge < -0.3 is 25.3 Å². The largest absolute Gasteiger partial charge is 0.481 e. The Morgan fingerprint density at radius 3 is 1.60 bits per heavy atom. The number of hydrogen-bond acceptors (Lipinski definition) is 5. The summed E-state index contributed by atoms with van der Waals surface area (Å²) in [6.45, 7) is 3.56. The predicted molar refractivity (Wildman–Crippen MR) is 137 cm³/mol. The van der Waals surface area contributed by atoms with Crippen molar-refractivity contribution in [2.45, 2.75) is 25.7 Å². The number of hydrogen-bond donors (Lipinski definition) is 3. The Hall–Kier alpha value is -2.90. The molecule has 0 saturated carbocycles. The lowest BCUT2D eigenvalue weighted by Crippen LogP contribution is -2.28. The van der Waals surface area contributed by atoms with E-state index in [-0.39, 0.29) is 23.7 Å². The molecular formula is C28H37N3O4. The lowest BCUT2D eigenvalue weighted by atomic mass is 9.86. The molecule has 7 nitrogen and oxygen atoms in total. The van der Waals surface area contributed by atoms with Gasteiger partial charge in [0.1, 0.15) is 0 Å². The Morgan fingerprint density at radius 1 is 0.829 bits per heavy atom. The van der Waals surface area contributed by atoms with E-state index in [1.807, 2.05) is 62.6 Å². The van der Waals surface area contributed by atoms with Crippen molar-refractivity contribution >= 4 is 23.3 Å². The fraction of sp³-hybridized carbons (Fsp3) is 0.500. The number of nitrogens with one attached hydrogen (secondary N) is 1. The normalized spacial score (nSPS) is 22.7. The minimum atomic E-state index is -0.724. The highest BCUT2D eigenvalue weighted by molar-refractivity contribution is 5.72. The van der Waals surface area contributed by atoms with Crippen molar-refractivity contribution in [3.05, 3.63) is 59.7 Å². The summed E-state index contributed by atoms with van der Waals surface area (Å²) in [5.74, 6) is -1.88. The molecule has 0 aromatic heterocycles. The van der Waals surface area contributed by atoms with E-state index in [0.717, 1.165) is 61.5 Å². The Bertz CT molecular complexity index is 961. The lowest BCUT2D eigenvalue weighted by Gasteiger charge is -2.20. The molecule has 0 spiro atoms. The van der Waals surface area contributed by atoms with Crippen LogP contribution in [0.15, 0.2) is 48.5 Å². The van der Waals surface area contributed by atoms with Crippen LogP contribution < -0.4 is 5.32 Å². The quantitative estimate of drug-likeness (QED) is 0.477. The third-order valence-corrected chi connectivity index (χ3v) is 7.68. The van der Waals surface area contributed by atoms with E-state index in [9.17, 15) is 19.8 Å². The number of anilines is 2. The Balaban J connectivity index is 1.43. The van der Waals surface area contributed by atoms with E-state index in [0.29, 0.717) is 12.8 Å². The maximum absolute atomic E-state index is 12.0. The SMILES string of the molecule is CN1CC[C@H]([C@H](Cc2cccc(Nc3cccc(C[C@H](C(=O)O)[C@H]4CCN(C)C4)c3)c2)C(=O)O)C1. The molecule has 2 aliphatic heterocycles. The van der Waals surface area contributed by atoms with Gasteiger partial charge in [-0.2, -0.15) is 0 Å². The molecule has 2 aromatic carbocycles. The van der Waals surface area contributed by atoms with Crippen molar-refractivity contribution in [2.24, 2.45) is 23.7 Å². The van der Waals surface area contributed by atoms with E-state index >= 15 is 0 Å². The first-order valence-electron chi connectivity index (χ1n) is 12.6. The molecule has 0 unspecified atom stereocenters. The highest BCUT2D eigenvalue weighted by Crippen LogP contribution is 2.30. The van der Waals surface area contributed by atoms with Gasteiger partial charge in [0.15, 0.2) is 0 Å². The van der Waals surface area contributed by atoms with Gasteiger partial charge in [-0.25, -0.2) is 0 Å². The molecule has 2 saturated heterocycles. The maximum Gasteiger partial charge on any atom is 0.307 e. The highest BCUT2D eigenvalue weighted by atomic mass is 16.4. The summed E-state index contributed by atoms with van der Waals surface area (Å²) in [6, 6.07) is 15.9. The van der Waals surface area contributed by atoms with Gasteiger partial charge in [0.25, 0.3) is 0 Å². The zero-order valence-electron chi connectivity index (χ0n) is 20.7. The summed E-state index contributed by atoms with van der Waals surface area (Å²) in [7, 11) is 4.09. The summed E-state index contributed by atoms with van der Waals surface area (Å²) in [5, 5.41) is 23.1. The van der Waals surface area contributed by atoms with Crippen molar-refractivity contribution < 1.29 is 19.8 Å². The monoisotopic (exact) mass is 479 g/mol. The van der Waals surface area contributed by atoms with Gasteiger partial charge >= 0.3 is 11.9 Å². The Labute approximate surface area is 207 Å². The van der Waals surface area contributed by atoms with Crippen LogP contribution in [0.3, 0.4) is 0 Å². The van der Waals surface area contributed by atoms with Gasteiger partial charge in [-0.1, -0.05) is 24.3 Å². The number of aliphatic carboxylic acids is 2. The van der Waals surface area contributed by atoms with Gasteiger partial charge in [-0.15, -0.1) is 0 Å². The van der Waals surface area contributed by atoms with Crippen LogP contribution >= 0.6 is 0 Å². The van der Waals surface area contributed by atoms with Crippen LogP contribution in [0, 0.1) is 23.7 Å². The number of carbonyl (C=O) groups is 2. The minimum Gasteiger partial charge on any atom is -0.481 e. The van der Waals surface area contributed by atoms with Crippen LogP contribution in [0.4, 0.5) is 11.4 Å². The molecular weight excluding hydrogens is 442 g/mol. The smallest absolute Gasteiger partial charge is 0.307 e. The molecule has 7 heteroatoms. The number of likely N-dealkylation sites (tertiary alicyclic amines) is 2. The van der Waals surface area contributed by atoms with Crippen molar-refractivity contribution in [3.8, 4) is 0 Å². The van der Waals surface area contributed by atoms with Gasteiger partial charge in [0.2, 0.25) is 0 Å². The number of carboxylic acids is 2. The third-order valence-electron chi connectivity index (χ3n) is 7.68. The maximum atomic E-state index is 12.0. The molecule has 2 fully saturated rings.